The number of rotatable bonds is 6. The molecular formula is C15H19N3O3. The Balaban J connectivity index is 2.18. The quantitative estimate of drug-likeness (QED) is 0.623. The first-order valence-corrected chi connectivity index (χ1v) is 7.13. The standard InChI is InChI=1S/C15H19N3O3/c1-2-3-4-7-10-18-12-9-6-5-8-11(12)13(14(18)19)16-17-15(20)21/h5-6,8-9,17H,2-4,7,10H2,1H3,(H,20,21)/b16-13+. The van der Waals surface area contributed by atoms with Crippen LogP contribution in [0.1, 0.15) is 38.2 Å². The van der Waals surface area contributed by atoms with Crippen LogP contribution in [0.5, 0.6) is 0 Å². The molecule has 0 fully saturated rings. The summed E-state index contributed by atoms with van der Waals surface area (Å²) < 4.78 is 0. The van der Waals surface area contributed by atoms with Gasteiger partial charge in [0, 0.05) is 12.1 Å². The second-order valence-corrected chi connectivity index (χ2v) is 4.91. The number of unbranched alkanes of at least 4 members (excludes halogenated alkanes) is 3. The van der Waals surface area contributed by atoms with Crippen LogP contribution >= 0.6 is 0 Å². The van der Waals surface area contributed by atoms with Gasteiger partial charge in [0.2, 0.25) is 0 Å². The Morgan fingerprint density at radius 1 is 1.29 bits per heavy atom. The Hall–Kier alpha value is -2.37. The van der Waals surface area contributed by atoms with E-state index in [1.165, 1.54) is 0 Å². The third-order valence-electron chi connectivity index (χ3n) is 3.40. The molecule has 0 bridgehead atoms. The first-order valence-electron chi connectivity index (χ1n) is 7.13. The van der Waals surface area contributed by atoms with Gasteiger partial charge in [-0.2, -0.15) is 5.10 Å². The van der Waals surface area contributed by atoms with Gasteiger partial charge in [-0.05, 0) is 12.5 Å². The number of hydrazone groups is 1. The molecule has 112 valence electrons. The van der Waals surface area contributed by atoms with E-state index in [2.05, 4.69) is 12.0 Å². The number of carbonyl (C=O) groups is 2. The number of anilines is 1. The third-order valence-corrected chi connectivity index (χ3v) is 3.40. The molecule has 0 saturated heterocycles. The lowest BCUT2D eigenvalue weighted by atomic mass is 10.1. The lowest BCUT2D eigenvalue weighted by molar-refractivity contribution is -0.112. The minimum atomic E-state index is -1.28. The zero-order chi connectivity index (χ0) is 15.2. The van der Waals surface area contributed by atoms with Gasteiger partial charge in [-0.25, -0.2) is 10.2 Å². The van der Waals surface area contributed by atoms with E-state index in [0.29, 0.717) is 12.1 Å². The van der Waals surface area contributed by atoms with E-state index in [1.54, 1.807) is 11.0 Å². The summed E-state index contributed by atoms with van der Waals surface area (Å²) in [6, 6.07) is 7.31. The van der Waals surface area contributed by atoms with Crippen molar-refractivity contribution in [2.24, 2.45) is 5.10 Å². The average molecular weight is 289 g/mol. The van der Waals surface area contributed by atoms with Gasteiger partial charge in [-0.15, -0.1) is 0 Å². The van der Waals surface area contributed by atoms with Crippen LogP contribution in [0, 0.1) is 0 Å². The molecule has 0 spiro atoms. The van der Waals surface area contributed by atoms with Gasteiger partial charge in [0.15, 0.2) is 5.71 Å². The molecule has 2 N–H and O–H groups in total. The molecular weight excluding hydrogens is 270 g/mol. The average Bonchev–Trinajstić information content (AvgIpc) is 2.74. The summed E-state index contributed by atoms with van der Waals surface area (Å²) in [5, 5.41) is 12.3. The van der Waals surface area contributed by atoms with E-state index < -0.39 is 6.09 Å². The predicted octanol–water partition coefficient (Wildman–Crippen LogP) is 2.59. The molecule has 2 rings (SSSR count). The predicted molar refractivity (Wildman–Crippen MR) is 80.6 cm³/mol. The van der Waals surface area contributed by atoms with Crippen molar-refractivity contribution in [2.75, 3.05) is 11.4 Å². The first kappa shape index (κ1) is 15.0. The molecule has 2 amide bonds. The van der Waals surface area contributed by atoms with Crippen LogP contribution in [0.4, 0.5) is 10.5 Å². The monoisotopic (exact) mass is 289 g/mol. The maximum absolute atomic E-state index is 12.4. The van der Waals surface area contributed by atoms with Crippen molar-refractivity contribution in [3.8, 4) is 0 Å². The van der Waals surface area contributed by atoms with E-state index in [1.807, 2.05) is 23.6 Å². The largest absolute Gasteiger partial charge is 0.464 e. The van der Waals surface area contributed by atoms with Gasteiger partial charge in [-0.1, -0.05) is 44.4 Å². The third kappa shape index (κ3) is 3.39. The topological polar surface area (TPSA) is 82.0 Å². The van der Waals surface area contributed by atoms with E-state index in [0.717, 1.165) is 31.4 Å². The van der Waals surface area contributed by atoms with Crippen molar-refractivity contribution in [2.45, 2.75) is 32.6 Å². The van der Waals surface area contributed by atoms with Gasteiger partial charge in [0.25, 0.3) is 5.91 Å². The molecule has 6 nitrogen and oxygen atoms in total. The number of amides is 2. The van der Waals surface area contributed by atoms with Gasteiger partial charge in [-0.3, -0.25) is 4.79 Å². The summed E-state index contributed by atoms with van der Waals surface area (Å²) in [6.07, 6.45) is 3.00. The lowest BCUT2D eigenvalue weighted by Gasteiger charge is -2.16. The minimum Gasteiger partial charge on any atom is -0.464 e. The van der Waals surface area contributed by atoms with Crippen LogP contribution in [0.3, 0.4) is 0 Å². The maximum atomic E-state index is 12.4. The Kier molecular flexibility index (Phi) is 4.92. The normalized spacial score (nSPS) is 15.4. The summed E-state index contributed by atoms with van der Waals surface area (Å²) in [5.41, 5.74) is 3.54. The molecule has 0 aliphatic carbocycles. The van der Waals surface area contributed by atoms with Gasteiger partial charge in [0.1, 0.15) is 0 Å². The van der Waals surface area contributed by atoms with Crippen molar-refractivity contribution in [3.05, 3.63) is 29.8 Å². The van der Waals surface area contributed by atoms with E-state index in [9.17, 15) is 9.59 Å². The number of para-hydroxylation sites is 1. The van der Waals surface area contributed by atoms with Gasteiger partial charge >= 0.3 is 6.09 Å². The number of nitrogens with one attached hydrogen (secondary N) is 1. The summed E-state index contributed by atoms with van der Waals surface area (Å²) in [5.74, 6) is -0.249. The number of nitrogens with zero attached hydrogens (tertiary/aromatic N) is 2. The van der Waals surface area contributed by atoms with Gasteiger partial charge < -0.3 is 10.0 Å². The zero-order valence-corrected chi connectivity index (χ0v) is 12.0. The van der Waals surface area contributed by atoms with Crippen molar-refractivity contribution in [1.82, 2.24) is 5.43 Å². The number of benzene rings is 1. The number of hydrogen-bond acceptors (Lipinski definition) is 3. The van der Waals surface area contributed by atoms with Crippen LogP contribution in [0.25, 0.3) is 0 Å². The molecule has 1 aromatic carbocycles. The fraction of sp³-hybridized carbons (Fsp3) is 0.400. The lowest BCUT2D eigenvalue weighted by Crippen LogP contribution is -2.32. The molecule has 0 aromatic heterocycles. The van der Waals surface area contributed by atoms with E-state index >= 15 is 0 Å². The molecule has 1 aromatic rings. The first-order chi connectivity index (χ1) is 10.1. The molecule has 0 atom stereocenters. The van der Waals surface area contributed by atoms with Crippen LogP contribution in [-0.4, -0.2) is 29.4 Å². The molecule has 1 aliphatic heterocycles. The molecule has 0 radical (unpaired) electrons. The fourth-order valence-corrected chi connectivity index (χ4v) is 2.39. The van der Waals surface area contributed by atoms with Crippen molar-refractivity contribution in [3.63, 3.8) is 0 Å². The molecule has 0 saturated carbocycles. The number of hydrogen-bond donors (Lipinski definition) is 2. The van der Waals surface area contributed by atoms with Crippen LogP contribution in [0.15, 0.2) is 29.4 Å². The minimum absolute atomic E-state index is 0.156. The van der Waals surface area contributed by atoms with Crippen molar-refractivity contribution in [1.29, 1.82) is 0 Å². The molecule has 21 heavy (non-hydrogen) atoms. The highest BCUT2D eigenvalue weighted by Gasteiger charge is 2.33. The Morgan fingerprint density at radius 3 is 2.76 bits per heavy atom. The Morgan fingerprint density at radius 2 is 2.05 bits per heavy atom. The smallest absolute Gasteiger partial charge is 0.425 e. The van der Waals surface area contributed by atoms with Crippen LogP contribution in [0.2, 0.25) is 0 Å². The molecule has 6 heteroatoms. The highest BCUT2D eigenvalue weighted by molar-refractivity contribution is 6.54. The SMILES string of the molecule is CCCCCCN1C(=O)/C(=N/NC(=O)O)c2ccccc21. The molecule has 1 aliphatic rings. The van der Waals surface area contributed by atoms with Crippen molar-refractivity contribution < 1.29 is 14.7 Å². The Labute approximate surface area is 123 Å². The number of fused-ring (bicyclic) bond motifs is 1. The number of carboxylic acid groups (broad SMARTS) is 1. The number of carbonyl (C=O) groups excluding carboxylic acids is 1. The van der Waals surface area contributed by atoms with E-state index in [4.69, 9.17) is 5.11 Å². The second kappa shape index (κ2) is 6.88. The second-order valence-electron chi connectivity index (χ2n) is 4.91. The molecule has 1 heterocycles. The van der Waals surface area contributed by atoms with E-state index in [-0.39, 0.29) is 11.6 Å². The van der Waals surface area contributed by atoms with Crippen LogP contribution < -0.4 is 10.3 Å². The summed E-state index contributed by atoms with van der Waals surface area (Å²) >= 11 is 0. The highest BCUT2D eigenvalue weighted by Crippen LogP contribution is 2.29. The van der Waals surface area contributed by atoms with Crippen LogP contribution in [-0.2, 0) is 4.79 Å². The summed E-state index contributed by atoms with van der Waals surface area (Å²) in [4.78, 5) is 24.6. The summed E-state index contributed by atoms with van der Waals surface area (Å²) in [6.45, 7) is 2.76. The van der Waals surface area contributed by atoms with Gasteiger partial charge in [0.05, 0.1) is 5.69 Å². The highest BCUT2D eigenvalue weighted by atomic mass is 16.4. The maximum Gasteiger partial charge on any atom is 0.425 e. The Bertz CT molecular complexity index is 569. The van der Waals surface area contributed by atoms with Crippen molar-refractivity contribution >= 4 is 23.4 Å². The molecule has 0 unspecified atom stereocenters. The fourth-order valence-electron chi connectivity index (χ4n) is 2.39. The zero-order valence-electron chi connectivity index (χ0n) is 12.0. The summed E-state index contributed by atoms with van der Waals surface area (Å²) in [7, 11) is 0.